The first-order chi connectivity index (χ1) is 11.0. The number of benzene rings is 2. The first kappa shape index (κ1) is 17.6. The molecule has 2 aromatic rings. The van der Waals surface area contributed by atoms with Gasteiger partial charge in [0.15, 0.2) is 0 Å². The van der Waals surface area contributed by atoms with Gasteiger partial charge in [-0.05, 0) is 36.5 Å². The summed E-state index contributed by atoms with van der Waals surface area (Å²) < 4.78 is 0. The Labute approximate surface area is 143 Å². The second-order valence-electron chi connectivity index (χ2n) is 6.22. The van der Waals surface area contributed by atoms with Crippen LogP contribution in [0.25, 0.3) is 0 Å². The van der Waals surface area contributed by atoms with Crippen molar-refractivity contribution >= 4 is 23.4 Å². The molecule has 122 valence electrons. The van der Waals surface area contributed by atoms with E-state index in [2.05, 4.69) is 56.4 Å². The van der Waals surface area contributed by atoms with Crippen LogP contribution in [0.3, 0.4) is 0 Å². The number of anilines is 1. The number of rotatable bonds is 6. The maximum atomic E-state index is 12.3. The monoisotopic (exact) mass is 327 g/mol. The number of carbonyl (C=O) groups is 1. The van der Waals surface area contributed by atoms with E-state index in [1.54, 1.807) is 11.8 Å². The van der Waals surface area contributed by atoms with Gasteiger partial charge in [0.1, 0.15) is 0 Å². The van der Waals surface area contributed by atoms with Gasteiger partial charge in [-0.2, -0.15) is 0 Å². The van der Waals surface area contributed by atoms with E-state index in [0.29, 0.717) is 11.7 Å². The van der Waals surface area contributed by atoms with E-state index in [-0.39, 0.29) is 5.91 Å². The van der Waals surface area contributed by atoms with Gasteiger partial charge in [-0.15, -0.1) is 11.8 Å². The van der Waals surface area contributed by atoms with Gasteiger partial charge < -0.3 is 5.32 Å². The summed E-state index contributed by atoms with van der Waals surface area (Å²) in [6.45, 7) is 8.42. The van der Waals surface area contributed by atoms with Crippen LogP contribution in [0.1, 0.15) is 42.0 Å². The molecule has 0 radical (unpaired) electrons. The maximum Gasteiger partial charge on any atom is 0.234 e. The molecule has 2 nitrogen and oxygen atoms in total. The van der Waals surface area contributed by atoms with Gasteiger partial charge in [-0.25, -0.2) is 0 Å². The Kier molecular flexibility index (Phi) is 6.28. The van der Waals surface area contributed by atoms with Crippen LogP contribution in [0.4, 0.5) is 5.69 Å². The minimum Gasteiger partial charge on any atom is -0.325 e. The first-order valence-electron chi connectivity index (χ1n) is 8.00. The lowest BCUT2D eigenvalue weighted by Gasteiger charge is -2.16. The van der Waals surface area contributed by atoms with Crippen LogP contribution >= 0.6 is 11.8 Å². The van der Waals surface area contributed by atoms with Gasteiger partial charge in [0, 0.05) is 11.4 Å². The van der Waals surface area contributed by atoms with Crippen molar-refractivity contribution in [3.63, 3.8) is 0 Å². The fraction of sp³-hybridized carbons (Fsp3) is 0.350. The fourth-order valence-corrected chi connectivity index (χ4v) is 3.25. The molecule has 0 spiro atoms. The average Bonchev–Trinajstić information content (AvgIpc) is 2.51. The third kappa shape index (κ3) is 5.14. The van der Waals surface area contributed by atoms with Gasteiger partial charge in [-0.3, -0.25) is 4.79 Å². The Morgan fingerprint density at radius 3 is 2.43 bits per heavy atom. The number of thioether (sulfide) groups is 1. The highest BCUT2D eigenvalue weighted by molar-refractivity contribution is 7.99. The molecule has 0 atom stereocenters. The predicted octanol–water partition coefficient (Wildman–Crippen LogP) is 5.30. The van der Waals surface area contributed by atoms with Crippen molar-refractivity contribution in [3.05, 3.63) is 64.7 Å². The molecule has 0 aliphatic heterocycles. The van der Waals surface area contributed by atoms with Gasteiger partial charge in [-0.1, -0.05) is 61.9 Å². The van der Waals surface area contributed by atoms with E-state index in [1.165, 1.54) is 16.7 Å². The van der Waals surface area contributed by atoms with Crippen molar-refractivity contribution in [2.24, 2.45) is 0 Å². The fourth-order valence-electron chi connectivity index (χ4n) is 2.46. The summed E-state index contributed by atoms with van der Waals surface area (Å²) in [6, 6.07) is 14.6. The molecule has 0 saturated carbocycles. The molecule has 23 heavy (non-hydrogen) atoms. The van der Waals surface area contributed by atoms with Crippen molar-refractivity contribution in [3.8, 4) is 0 Å². The van der Waals surface area contributed by atoms with Crippen molar-refractivity contribution in [1.29, 1.82) is 0 Å². The third-order valence-corrected chi connectivity index (χ3v) is 4.82. The summed E-state index contributed by atoms with van der Waals surface area (Å²) in [4.78, 5) is 12.3. The lowest BCUT2D eigenvalue weighted by Crippen LogP contribution is -2.16. The smallest absolute Gasteiger partial charge is 0.234 e. The van der Waals surface area contributed by atoms with Crippen LogP contribution in [0.15, 0.2) is 42.5 Å². The summed E-state index contributed by atoms with van der Waals surface area (Å²) >= 11 is 1.65. The molecule has 1 amide bonds. The topological polar surface area (TPSA) is 29.1 Å². The minimum absolute atomic E-state index is 0.0679. The van der Waals surface area contributed by atoms with Crippen LogP contribution in [-0.4, -0.2) is 11.7 Å². The maximum absolute atomic E-state index is 12.3. The van der Waals surface area contributed by atoms with Crippen molar-refractivity contribution in [2.75, 3.05) is 11.1 Å². The molecule has 0 unspecified atom stereocenters. The summed E-state index contributed by atoms with van der Waals surface area (Å²) in [5, 5.41) is 3.10. The van der Waals surface area contributed by atoms with Crippen molar-refractivity contribution in [1.82, 2.24) is 0 Å². The quantitative estimate of drug-likeness (QED) is 0.780. The van der Waals surface area contributed by atoms with Crippen molar-refractivity contribution in [2.45, 2.75) is 39.4 Å². The number of para-hydroxylation sites is 1. The Balaban J connectivity index is 1.91. The van der Waals surface area contributed by atoms with E-state index >= 15 is 0 Å². The third-order valence-electron chi connectivity index (χ3n) is 3.81. The number of carbonyl (C=O) groups excluding carboxylic acids is 1. The molecule has 3 heteroatoms. The number of hydrogen-bond donors (Lipinski definition) is 1. The van der Waals surface area contributed by atoms with Gasteiger partial charge in [0.2, 0.25) is 5.91 Å². The van der Waals surface area contributed by atoms with Crippen LogP contribution in [0, 0.1) is 13.8 Å². The number of nitrogens with one attached hydrogen (secondary N) is 1. The molecule has 2 aromatic carbocycles. The van der Waals surface area contributed by atoms with E-state index < -0.39 is 0 Å². The Morgan fingerprint density at radius 2 is 1.78 bits per heavy atom. The molecule has 2 rings (SSSR count). The molecule has 0 heterocycles. The molecule has 0 fully saturated rings. The van der Waals surface area contributed by atoms with E-state index in [9.17, 15) is 4.79 Å². The lowest BCUT2D eigenvalue weighted by molar-refractivity contribution is -0.113. The number of hydrogen-bond acceptors (Lipinski definition) is 2. The first-order valence-corrected chi connectivity index (χ1v) is 9.15. The number of amides is 1. The van der Waals surface area contributed by atoms with Crippen LogP contribution in [-0.2, 0) is 10.5 Å². The largest absolute Gasteiger partial charge is 0.325 e. The van der Waals surface area contributed by atoms with Gasteiger partial charge in [0.25, 0.3) is 0 Å². The second kappa shape index (κ2) is 8.21. The molecular weight excluding hydrogens is 302 g/mol. The summed E-state index contributed by atoms with van der Waals surface area (Å²) in [5.74, 6) is 1.79. The zero-order valence-electron chi connectivity index (χ0n) is 14.3. The van der Waals surface area contributed by atoms with Crippen molar-refractivity contribution < 1.29 is 4.79 Å². The van der Waals surface area contributed by atoms with E-state index in [4.69, 9.17) is 0 Å². The molecule has 0 saturated heterocycles. The lowest BCUT2D eigenvalue weighted by atomic mass is 9.98. The summed E-state index contributed by atoms with van der Waals surface area (Å²) in [6.07, 6.45) is 0. The van der Waals surface area contributed by atoms with Gasteiger partial charge >= 0.3 is 0 Å². The molecule has 0 aliphatic carbocycles. The highest BCUT2D eigenvalue weighted by Gasteiger charge is 2.12. The summed E-state index contributed by atoms with van der Waals surface area (Å²) in [5.41, 5.74) is 5.81. The molecule has 0 bridgehead atoms. The standard InChI is InChI=1S/C20H25NOS/c1-14(2)18-7-5-6-16(4)20(18)21-19(22)13-23-12-17-10-8-15(3)9-11-17/h5-11,14H,12-13H2,1-4H3,(H,21,22). The minimum atomic E-state index is 0.0679. The molecule has 1 N–H and O–H groups in total. The number of aryl methyl sites for hydroxylation is 2. The normalized spacial score (nSPS) is 10.8. The second-order valence-corrected chi connectivity index (χ2v) is 7.21. The Bertz CT molecular complexity index is 662. The van der Waals surface area contributed by atoms with E-state index in [0.717, 1.165) is 17.0 Å². The molecule has 0 aliphatic rings. The highest BCUT2D eigenvalue weighted by atomic mass is 32.2. The van der Waals surface area contributed by atoms with Gasteiger partial charge in [0.05, 0.1) is 5.75 Å². The molecule has 0 aromatic heterocycles. The Hall–Kier alpha value is -1.74. The average molecular weight is 327 g/mol. The predicted molar refractivity (Wildman–Crippen MR) is 101 cm³/mol. The molecular formula is C20H25NOS. The van der Waals surface area contributed by atoms with Crippen LogP contribution in [0.2, 0.25) is 0 Å². The Morgan fingerprint density at radius 1 is 1.09 bits per heavy atom. The van der Waals surface area contributed by atoms with E-state index in [1.807, 2.05) is 19.1 Å². The van der Waals surface area contributed by atoms with Crippen LogP contribution in [0.5, 0.6) is 0 Å². The zero-order valence-corrected chi connectivity index (χ0v) is 15.2. The SMILES string of the molecule is Cc1ccc(CSCC(=O)Nc2c(C)cccc2C(C)C)cc1. The summed E-state index contributed by atoms with van der Waals surface area (Å²) in [7, 11) is 0. The highest BCUT2D eigenvalue weighted by Crippen LogP contribution is 2.27. The zero-order chi connectivity index (χ0) is 16.8. The van der Waals surface area contributed by atoms with Crippen LogP contribution < -0.4 is 5.32 Å².